The van der Waals surface area contributed by atoms with Crippen LogP contribution in [0, 0.1) is 36.5 Å². The Kier molecular flexibility index (Phi) is 6.81. The Morgan fingerprint density at radius 3 is 1.82 bits per heavy atom. The second kappa shape index (κ2) is 8.36. The molecule has 4 nitrogen and oxygen atoms in total. The molecule has 0 aliphatic carbocycles. The third-order valence-electron chi connectivity index (χ3n) is 2.70. The van der Waals surface area contributed by atoms with E-state index >= 15 is 0 Å². The van der Waals surface area contributed by atoms with Gasteiger partial charge in [-0.1, -0.05) is 27.6 Å². The van der Waals surface area contributed by atoms with Crippen molar-refractivity contribution in [3.63, 3.8) is 0 Å². The summed E-state index contributed by atoms with van der Waals surface area (Å²) in [7, 11) is -1.50. The van der Waals surface area contributed by atoms with Crippen LogP contribution >= 0.6 is 15.9 Å². The fourth-order valence-corrected chi connectivity index (χ4v) is 2.43. The van der Waals surface area contributed by atoms with Gasteiger partial charge in [0.15, 0.2) is 0 Å². The van der Waals surface area contributed by atoms with Gasteiger partial charge in [0, 0.05) is 4.47 Å². The van der Waals surface area contributed by atoms with Crippen LogP contribution < -0.4 is 5.46 Å². The number of nitrogens with zero attached hydrogens (tertiary/aromatic N) is 2. The zero-order valence-electron chi connectivity index (χ0n) is 12.2. The van der Waals surface area contributed by atoms with Crippen molar-refractivity contribution in [1.82, 2.24) is 0 Å². The monoisotopic (exact) mass is 356 g/mol. The number of aryl methyl sites for hydroxylation is 2. The number of hydrogen-bond donors (Lipinski definition) is 2. The molecule has 2 rings (SSSR count). The quantitative estimate of drug-likeness (QED) is 0.766. The maximum absolute atomic E-state index is 8.81. The van der Waals surface area contributed by atoms with E-state index in [1.807, 2.05) is 25.1 Å². The summed E-state index contributed by atoms with van der Waals surface area (Å²) < 4.78 is 0.962. The molecular formula is C16H14BBrN2O2. The number of nitriles is 2. The molecule has 22 heavy (non-hydrogen) atoms. The second-order valence-electron chi connectivity index (χ2n) is 4.75. The predicted molar refractivity (Wildman–Crippen MR) is 89.3 cm³/mol. The molecule has 2 aromatic rings. The van der Waals surface area contributed by atoms with E-state index in [-0.39, 0.29) is 0 Å². The first-order chi connectivity index (χ1) is 10.3. The molecule has 0 bridgehead atoms. The first-order valence-corrected chi connectivity index (χ1v) is 7.20. The van der Waals surface area contributed by atoms with Gasteiger partial charge >= 0.3 is 7.12 Å². The van der Waals surface area contributed by atoms with Crippen LogP contribution in [0.2, 0.25) is 0 Å². The molecule has 0 aromatic heterocycles. The lowest BCUT2D eigenvalue weighted by Gasteiger charge is -2.00. The standard InChI is InChI=1S/C8H8BNO2.C8H6BrN/c1-6-2-7(5-10)4-8(3-6)9(11)12;1-6-2-7(5-10)4-8(9)3-6/h2-4,11-12H,1H3;2-4H,1H3. The zero-order chi connectivity index (χ0) is 16.7. The molecule has 0 spiro atoms. The van der Waals surface area contributed by atoms with Gasteiger partial charge in [-0.2, -0.15) is 10.5 Å². The van der Waals surface area contributed by atoms with Crippen LogP contribution in [-0.2, 0) is 0 Å². The fraction of sp³-hybridized carbons (Fsp3) is 0.125. The minimum Gasteiger partial charge on any atom is -0.423 e. The van der Waals surface area contributed by atoms with Crippen LogP contribution in [0.25, 0.3) is 0 Å². The van der Waals surface area contributed by atoms with E-state index in [4.69, 9.17) is 20.6 Å². The molecule has 0 saturated carbocycles. The van der Waals surface area contributed by atoms with Gasteiger partial charge in [-0.3, -0.25) is 0 Å². The summed E-state index contributed by atoms with van der Waals surface area (Å²) in [6.07, 6.45) is 0. The first-order valence-electron chi connectivity index (χ1n) is 6.41. The minimum absolute atomic E-state index is 0.353. The van der Waals surface area contributed by atoms with E-state index in [1.165, 1.54) is 6.07 Å². The Hall–Kier alpha value is -2.12. The van der Waals surface area contributed by atoms with Crippen molar-refractivity contribution in [3.8, 4) is 12.1 Å². The summed E-state index contributed by atoms with van der Waals surface area (Å²) in [5.74, 6) is 0. The Morgan fingerprint density at radius 1 is 0.864 bits per heavy atom. The molecule has 0 atom stereocenters. The molecule has 0 saturated heterocycles. The van der Waals surface area contributed by atoms with Crippen LogP contribution in [0.15, 0.2) is 40.9 Å². The van der Waals surface area contributed by atoms with Gasteiger partial charge in [0.05, 0.1) is 23.3 Å². The largest absolute Gasteiger partial charge is 0.488 e. The smallest absolute Gasteiger partial charge is 0.423 e. The van der Waals surface area contributed by atoms with E-state index < -0.39 is 7.12 Å². The Labute approximate surface area is 138 Å². The number of hydrogen-bond acceptors (Lipinski definition) is 4. The third-order valence-corrected chi connectivity index (χ3v) is 3.16. The third kappa shape index (κ3) is 5.71. The van der Waals surface area contributed by atoms with E-state index in [2.05, 4.69) is 22.0 Å². The molecule has 0 aliphatic heterocycles. The van der Waals surface area contributed by atoms with E-state index in [0.29, 0.717) is 16.6 Å². The highest BCUT2D eigenvalue weighted by Crippen LogP contribution is 2.14. The van der Waals surface area contributed by atoms with Crippen LogP contribution in [0.3, 0.4) is 0 Å². The molecule has 0 fully saturated rings. The molecule has 2 N–H and O–H groups in total. The predicted octanol–water partition coefficient (Wildman–Crippen LogP) is 2.18. The fourth-order valence-electron chi connectivity index (χ4n) is 1.83. The summed E-state index contributed by atoms with van der Waals surface area (Å²) in [5.41, 5.74) is 3.44. The first kappa shape index (κ1) is 17.9. The van der Waals surface area contributed by atoms with Crippen molar-refractivity contribution in [2.75, 3.05) is 0 Å². The van der Waals surface area contributed by atoms with E-state index in [0.717, 1.165) is 15.6 Å². The molecule has 0 unspecified atom stereocenters. The molecule has 0 heterocycles. The van der Waals surface area contributed by atoms with Gasteiger partial charge in [0.25, 0.3) is 0 Å². The Bertz CT molecular complexity index is 729. The highest BCUT2D eigenvalue weighted by atomic mass is 79.9. The summed E-state index contributed by atoms with van der Waals surface area (Å²) in [5, 5.41) is 34.7. The molecule has 0 aliphatic rings. The summed E-state index contributed by atoms with van der Waals surface area (Å²) in [6.45, 7) is 3.76. The van der Waals surface area contributed by atoms with Crippen LogP contribution in [0.1, 0.15) is 22.3 Å². The highest BCUT2D eigenvalue weighted by Gasteiger charge is 2.11. The Balaban J connectivity index is 0.000000224. The average Bonchev–Trinajstić information content (AvgIpc) is 2.46. The van der Waals surface area contributed by atoms with E-state index in [9.17, 15) is 0 Å². The van der Waals surface area contributed by atoms with Crippen LogP contribution in [-0.4, -0.2) is 17.2 Å². The highest BCUT2D eigenvalue weighted by molar-refractivity contribution is 9.10. The van der Waals surface area contributed by atoms with Gasteiger partial charge in [0.2, 0.25) is 0 Å². The van der Waals surface area contributed by atoms with Gasteiger partial charge in [0.1, 0.15) is 0 Å². The van der Waals surface area contributed by atoms with Crippen molar-refractivity contribution in [2.45, 2.75) is 13.8 Å². The zero-order valence-corrected chi connectivity index (χ0v) is 13.8. The Morgan fingerprint density at radius 2 is 1.36 bits per heavy atom. The summed E-state index contributed by atoms with van der Waals surface area (Å²) in [4.78, 5) is 0. The minimum atomic E-state index is -1.50. The normalized spacial score (nSPS) is 9.05. The molecule has 0 radical (unpaired) electrons. The lowest BCUT2D eigenvalue weighted by molar-refractivity contribution is 0.425. The van der Waals surface area contributed by atoms with Gasteiger partial charge in [-0.15, -0.1) is 0 Å². The topological polar surface area (TPSA) is 88.0 Å². The number of halogens is 1. The summed E-state index contributed by atoms with van der Waals surface area (Å²) >= 11 is 3.30. The van der Waals surface area contributed by atoms with Crippen molar-refractivity contribution < 1.29 is 10.0 Å². The summed E-state index contributed by atoms with van der Waals surface area (Å²) in [6, 6.07) is 14.4. The molecule has 6 heteroatoms. The van der Waals surface area contributed by atoms with Crippen molar-refractivity contribution in [1.29, 1.82) is 10.5 Å². The van der Waals surface area contributed by atoms with Gasteiger partial charge in [-0.05, 0) is 55.2 Å². The molecule has 110 valence electrons. The SMILES string of the molecule is Cc1cc(Br)cc(C#N)c1.Cc1cc(C#N)cc(B(O)O)c1. The molecule has 2 aromatic carbocycles. The maximum Gasteiger partial charge on any atom is 0.488 e. The number of benzene rings is 2. The van der Waals surface area contributed by atoms with Crippen molar-refractivity contribution in [2.24, 2.45) is 0 Å². The van der Waals surface area contributed by atoms with Gasteiger partial charge in [-0.25, -0.2) is 0 Å². The van der Waals surface area contributed by atoms with Crippen LogP contribution in [0.4, 0.5) is 0 Å². The van der Waals surface area contributed by atoms with Crippen LogP contribution in [0.5, 0.6) is 0 Å². The molecular weight excluding hydrogens is 343 g/mol. The maximum atomic E-state index is 8.81. The lowest BCUT2D eigenvalue weighted by Crippen LogP contribution is -2.30. The average molecular weight is 357 g/mol. The lowest BCUT2D eigenvalue weighted by atomic mass is 9.79. The second-order valence-corrected chi connectivity index (χ2v) is 5.66. The van der Waals surface area contributed by atoms with Crippen molar-refractivity contribution >= 4 is 28.5 Å². The number of rotatable bonds is 1. The van der Waals surface area contributed by atoms with Gasteiger partial charge < -0.3 is 10.0 Å². The van der Waals surface area contributed by atoms with Crippen molar-refractivity contribution in [3.05, 3.63) is 63.1 Å². The molecule has 0 amide bonds. The van der Waals surface area contributed by atoms with E-state index in [1.54, 1.807) is 25.1 Å².